The maximum atomic E-state index is 12.7. The molecule has 1 saturated heterocycles. The fraction of sp³-hybridized carbons (Fsp3) is 0.417. The van der Waals surface area contributed by atoms with Gasteiger partial charge in [-0.3, -0.25) is 9.59 Å². The standard InChI is InChI=1S/C24H29ClN2O2/c1-17-7-9-19(10-8-17)11-12-20-13-15-27(16-14-20)24(29)18(2)26-23(28)21-5-3-4-6-22(21)25/h3-10,18,20H,11-16H2,1-2H3,(H,26,28)/t18-/m0/s1. The van der Waals surface area contributed by atoms with E-state index in [4.69, 9.17) is 11.6 Å². The number of rotatable bonds is 6. The largest absolute Gasteiger partial charge is 0.341 e. The maximum absolute atomic E-state index is 12.7. The van der Waals surface area contributed by atoms with Crippen LogP contribution in [-0.2, 0) is 11.2 Å². The molecule has 4 nitrogen and oxygen atoms in total. The minimum atomic E-state index is -0.567. The minimum absolute atomic E-state index is 0.0256. The molecule has 0 aliphatic carbocycles. The van der Waals surface area contributed by atoms with Crippen LogP contribution in [0.25, 0.3) is 0 Å². The Kier molecular flexibility index (Phi) is 7.32. The van der Waals surface area contributed by atoms with Crippen LogP contribution in [-0.4, -0.2) is 35.8 Å². The van der Waals surface area contributed by atoms with E-state index in [2.05, 4.69) is 36.5 Å². The van der Waals surface area contributed by atoms with Crippen LogP contribution >= 0.6 is 11.6 Å². The van der Waals surface area contributed by atoms with Gasteiger partial charge in [0.25, 0.3) is 5.91 Å². The van der Waals surface area contributed by atoms with E-state index in [9.17, 15) is 9.59 Å². The van der Waals surface area contributed by atoms with Gasteiger partial charge in [-0.15, -0.1) is 0 Å². The Balaban J connectivity index is 1.44. The summed E-state index contributed by atoms with van der Waals surface area (Å²) in [7, 11) is 0. The van der Waals surface area contributed by atoms with Crippen LogP contribution in [0.3, 0.4) is 0 Å². The predicted molar refractivity (Wildman–Crippen MR) is 117 cm³/mol. The Morgan fingerprint density at radius 1 is 1.10 bits per heavy atom. The number of benzene rings is 2. The second-order valence-electron chi connectivity index (χ2n) is 7.97. The molecule has 2 aromatic rings. The van der Waals surface area contributed by atoms with Gasteiger partial charge in [-0.2, -0.15) is 0 Å². The van der Waals surface area contributed by atoms with Crippen LogP contribution in [0.5, 0.6) is 0 Å². The summed E-state index contributed by atoms with van der Waals surface area (Å²) in [6.07, 6.45) is 4.28. The van der Waals surface area contributed by atoms with Gasteiger partial charge < -0.3 is 10.2 Å². The number of aryl methyl sites for hydroxylation is 2. The van der Waals surface area contributed by atoms with Crippen LogP contribution in [0.1, 0.15) is 47.7 Å². The summed E-state index contributed by atoms with van der Waals surface area (Å²) < 4.78 is 0. The summed E-state index contributed by atoms with van der Waals surface area (Å²) in [5.41, 5.74) is 3.06. The van der Waals surface area contributed by atoms with E-state index in [0.717, 1.165) is 38.8 Å². The predicted octanol–water partition coefficient (Wildman–Crippen LogP) is 4.64. The molecule has 29 heavy (non-hydrogen) atoms. The lowest BCUT2D eigenvalue weighted by Crippen LogP contribution is -2.49. The molecule has 1 fully saturated rings. The van der Waals surface area contributed by atoms with Gasteiger partial charge in [-0.1, -0.05) is 53.6 Å². The average Bonchev–Trinajstić information content (AvgIpc) is 2.73. The average molecular weight is 413 g/mol. The van der Waals surface area contributed by atoms with Crippen molar-refractivity contribution < 1.29 is 9.59 Å². The van der Waals surface area contributed by atoms with Crippen LogP contribution in [0, 0.1) is 12.8 Å². The molecule has 0 radical (unpaired) electrons. The first-order chi connectivity index (χ1) is 13.9. The van der Waals surface area contributed by atoms with Gasteiger partial charge in [-0.25, -0.2) is 0 Å². The van der Waals surface area contributed by atoms with Crippen LogP contribution in [0.15, 0.2) is 48.5 Å². The Morgan fingerprint density at radius 3 is 2.41 bits per heavy atom. The first-order valence-electron chi connectivity index (χ1n) is 10.3. The highest BCUT2D eigenvalue weighted by Crippen LogP contribution is 2.23. The molecule has 1 aliphatic heterocycles. The SMILES string of the molecule is Cc1ccc(CCC2CCN(C(=O)[C@H](C)NC(=O)c3ccccc3Cl)CC2)cc1. The highest BCUT2D eigenvalue weighted by atomic mass is 35.5. The van der Waals surface area contributed by atoms with Gasteiger partial charge in [0.2, 0.25) is 5.91 Å². The highest BCUT2D eigenvalue weighted by Gasteiger charge is 2.27. The number of carbonyl (C=O) groups excluding carboxylic acids is 2. The smallest absolute Gasteiger partial charge is 0.253 e. The first-order valence-corrected chi connectivity index (χ1v) is 10.7. The Bertz CT molecular complexity index is 842. The molecule has 3 rings (SSSR count). The number of piperidine rings is 1. The van der Waals surface area contributed by atoms with E-state index < -0.39 is 6.04 Å². The van der Waals surface area contributed by atoms with Crippen LogP contribution < -0.4 is 5.32 Å². The summed E-state index contributed by atoms with van der Waals surface area (Å²) in [6.45, 7) is 5.35. The van der Waals surface area contributed by atoms with Crippen LogP contribution in [0.2, 0.25) is 5.02 Å². The first kappa shape index (κ1) is 21.4. The third kappa shape index (κ3) is 5.83. The molecule has 0 bridgehead atoms. The molecule has 2 aromatic carbocycles. The topological polar surface area (TPSA) is 49.4 Å². The van der Waals surface area contributed by atoms with Gasteiger partial charge >= 0.3 is 0 Å². The number of carbonyl (C=O) groups is 2. The summed E-state index contributed by atoms with van der Waals surface area (Å²) in [5.74, 6) is 0.306. The van der Waals surface area contributed by atoms with E-state index in [0.29, 0.717) is 16.5 Å². The molecule has 2 amide bonds. The zero-order valence-corrected chi connectivity index (χ0v) is 17.9. The molecule has 0 aromatic heterocycles. The molecule has 0 saturated carbocycles. The van der Waals surface area contributed by atoms with Gasteiger partial charge in [-0.05, 0) is 63.1 Å². The Labute approximate surface area is 178 Å². The van der Waals surface area contributed by atoms with Crippen molar-refractivity contribution in [3.63, 3.8) is 0 Å². The molecule has 1 atom stereocenters. The molecule has 1 aliphatic rings. The number of nitrogens with one attached hydrogen (secondary N) is 1. The minimum Gasteiger partial charge on any atom is -0.341 e. The third-order valence-corrected chi connectivity index (χ3v) is 6.05. The zero-order valence-electron chi connectivity index (χ0n) is 17.2. The molecule has 5 heteroatoms. The monoisotopic (exact) mass is 412 g/mol. The van der Waals surface area contributed by atoms with Gasteiger partial charge in [0.15, 0.2) is 0 Å². The lowest BCUT2D eigenvalue weighted by molar-refractivity contribution is -0.134. The summed E-state index contributed by atoms with van der Waals surface area (Å²) in [4.78, 5) is 27.0. The van der Waals surface area contributed by atoms with Crippen molar-refractivity contribution in [3.8, 4) is 0 Å². The summed E-state index contributed by atoms with van der Waals surface area (Å²) in [6, 6.07) is 15.0. The molecule has 154 valence electrons. The quantitative estimate of drug-likeness (QED) is 0.751. The number of nitrogens with zero attached hydrogens (tertiary/aromatic N) is 1. The Morgan fingerprint density at radius 2 is 1.76 bits per heavy atom. The van der Waals surface area contributed by atoms with Crippen molar-refractivity contribution >= 4 is 23.4 Å². The number of amides is 2. The maximum Gasteiger partial charge on any atom is 0.253 e. The van der Waals surface area contributed by atoms with Crippen molar-refractivity contribution in [3.05, 3.63) is 70.2 Å². The molecular weight excluding hydrogens is 384 g/mol. The molecule has 0 spiro atoms. The fourth-order valence-electron chi connectivity index (χ4n) is 3.82. The number of likely N-dealkylation sites (tertiary alicyclic amines) is 1. The fourth-order valence-corrected chi connectivity index (χ4v) is 4.04. The number of hydrogen-bond acceptors (Lipinski definition) is 2. The number of hydrogen-bond donors (Lipinski definition) is 1. The summed E-state index contributed by atoms with van der Waals surface area (Å²) >= 11 is 6.07. The van der Waals surface area contributed by atoms with Crippen molar-refractivity contribution in [2.24, 2.45) is 5.92 Å². The third-order valence-electron chi connectivity index (χ3n) is 5.72. The zero-order chi connectivity index (χ0) is 20.8. The van der Waals surface area contributed by atoms with E-state index in [-0.39, 0.29) is 11.8 Å². The summed E-state index contributed by atoms with van der Waals surface area (Å²) in [5, 5.41) is 3.17. The van der Waals surface area contributed by atoms with Gasteiger partial charge in [0, 0.05) is 13.1 Å². The van der Waals surface area contributed by atoms with E-state index in [1.807, 2.05) is 4.90 Å². The second kappa shape index (κ2) is 9.93. The molecule has 1 N–H and O–H groups in total. The normalized spacial score (nSPS) is 15.8. The molecule has 1 heterocycles. The van der Waals surface area contributed by atoms with Gasteiger partial charge in [0.05, 0.1) is 10.6 Å². The van der Waals surface area contributed by atoms with E-state index in [1.165, 1.54) is 11.1 Å². The lowest BCUT2D eigenvalue weighted by Gasteiger charge is -2.33. The number of halogens is 1. The van der Waals surface area contributed by atoms with Crippen molar-refractivity contribution in [1.29, 1.82) is 0 Å². The molecular formula is C24H29ClN2O2. The Hall–Kier alpha value is -2.33. The van der Waals surface area contributed by atoms with Crippen molar-refractivity contribution in [1.82, 2.24) is 10.2 Å². The second-order valence-corrected chi connectivity index (χ2v) is 8.38. The van der Waals surface area contributed by atoms with Gasteiger partial charge in [0.1, 0.15) is 6.04 Å². The molecule has 0 unspecified atom stereocenters. The van der Waals surface area contributed by atoms with Crippen molar-refractivity contribution in [2.45, 2.75) is 45.6 Å². The lowest BCUT2D eigenvalue weighted by atomic mass is 9.90. The van der Waals surface area contributed by atoms with Crippen molar-refractivity contribution in [2.75, 3.05) is 13.1 Å². The van der Waals surface area contributed by atoms with Crippen LogP contribution in [0.4, 0.5) is 0 Å². The van der Waals surface area contributed by atoms with E-state index in [1.54, 1.807) is 31.2 Å². The highest BCUT2D eigenvalue weighted by molar-refractivity contribution is 6.33. The van der Waals surface area contributed by atoms with E-state index >= 15 is 0 Å².